The summed E-state index contributed by atoms with van der Waals surface area (Å²) in [4.78, 5) is 30.1. The van der Waals surface area contributed by atoms with Gasteiger partial charge in [0, 0.05) is 39.4 Å². The SMILES string of the molecule is Cn1nccc1C(=O)N1CC[C@@]2(CCCN(CCC3CCCCC3)C2=O)C1. The molecule has 0 bridgehead atoms. The van der Waals surface area contributed by atoms with Crippen LogP contribution in [0.25, 0.3) is 0 Å². The molecule has 1 atom stereocenters. The minimum absolute atomic E-state index is 0.000922. The maximum atomic E-state index is 13.3. The van der Waals surface area contributed by atoms with Crippen molar-refractivity contribution in [2.24, 2.45) is 18.4 Å². The molecular weight excluding hydrogens is 340 g/mol. The summed E-state index contributed by atoms with van der Waals surface area (Å²) in [6.07, 6.45) is 12.3. The van der Waals surface area contributed by atoms with E-state index in [2.05, 4.69) is 10.00 Å². The molecule has 148 valence electrons. The molecule has 3 heterocycles. The van der Waals surface area contributed by atoms with Gasteiger partial charge < -0.3 is 9.80 Å². The average molecular weight is 373 g/mol. The number of carbonyl (C=O) groups is 2. The molecule has 1 spiro atoms. The summed E-state index contributed by atoms with van der Waals surface area (Å²) in [5.74, 6) is 1.10. The monoisotopic (exact) mass is 372 g/mol. The average Bonchev–Trinajstić information content (AvgIpc) is 3.31. The second-order valence-electron chi connectivity index (χ2n) is 8.79. The number of aromatic nitrogens is 2. The summed E-state index contributed by atoms with van der Waals surface area (Å²) in [5, 5.41) is 4.10. The topological polar surface area (TPSA) is 58.4 Å². The molecule has 1 aromatic heterocycles. The standard InChI is InChI=1S/C21H32N4O2/c1-23-18(8-12-22-23)19(26)25-15-11-21(16-25)10-5-13-24(20(21)27)14-9-17-6-3-2-4-7-17/h8,12,17H,2-7,9-11,13-16H2,1H3/t21-/m0/s1. The lowest BCUT2D eigenvalue weighted by atomic mass is 9.78. The molecule has 0 aromatic carbocycles. The molecule has 2 saturated heterocycles. The van der Waals surface area contributed by atoms with Crippen LogP contribution in [0.1, 0.15) is 68.3 Å². The van der Waals surface area contributed by atoms with Crippen molar-refractivity contribution in [1.82, 2.24) is 19.6 Å². The van der Waals surface area contributed by atoms with E-state index < -0.39 is 0 Å². The predicted molar refractivity (Wildman–Crippen MR) is 103 cm³/mol. The van der Waals surface area contributed by atoms with Gasteiger partial charge in [-0.05, 0) is 37.7 Å². The van der Waals surface area contributed by atoms with Crippen LogP contribution in [0.2, 0.25) is 0 Å². The van der Waals surface area contributed by atoms with E-state index >= 15 is 0 Å². The fourth-order valence-corrected chi connectivity index (χ4v) is 5.35. The van der Waals surface area contributed by atoms with Gasteiger partial charge in [-0.3, -0.25) is 14.3 Å². The van der Waals surface area contributed by atoms with E-state index in [1.807, 2.05) is 4.90 Å². The third-order valence-electron chi connectivity index (χ3n) is 7.04. The second kappa shape index (κ2) is 7.64. The molecular formula is C21H32N4O2. The van der Waals surface area contributed by atoms with Crippen molar-refractivity contribution in [3.63, 3.8) is 0 Å². The molecule has 2 aliphatic heterocycles. The van der Waals surface area contributed by atoms with Gasteiger partial charge in [0.1, 0.15) is 5.69 Å². The molecule has 1 saturated carbocycles. The molecule has 4 rings (SSSR count). The lowest BCUT2D eigenvalue weighted by Gasteiger charge is -2.40. The molecule has 1 aromatic rings. The van der Waals surface area contributed by atoms with E-state index in [1.165, 1.54) is 32.1 Å². The normalized spacial score (nSPS) is 26.9. The Bertz CT molecular complexity index is 694. The van der Waals surface area contributed by atoms with E-state index in [1.54, 1.807) is 24.0 Å². The smallest absolute Gasteiger partial charge is 0.272 e. The van der Waals surface area contributed by atoms with Crippen LogP contribution in [0.15, 0.2) is 12.3 Å². The van der Waals surface area contributed by atoms with Crippen molar-refractivity contribution in [2.75, 3.05) is 26.2 Å². The van der Waals surface area contributed by atoms with Crippen molar-refractivity contribution in [1.29, 1.82) is 0 Å². The van der Waals surface area contributed by atoms with Crippen LogP contribution in [-0.2, 0) is 11.8 Å². The summed E-state index contributed by atoms with van der Waals surface area (Å²) < 4.78 is 1.62. The third kappa shape index (κ3) is 3.63. The van der Waals surface area contributed by atoms with Gasteiger partial charge in [0.15, 0.2) is 0 Å². The molecule has 27 heavy (non-hydrogen) atoms. The van der Waals surface area contributed by atoms with Crippen LogP contribution in [0.3, 0.4) is 0 Å². The molecule has 0 radical (unpaired) electrons. The Kier molecular flexibility index (Phi) is 5.24. The maximum Gasteiger partial charge on any atom is 0.272 e. The summed E-state index contributed by atoms with van der Waals surface area (Å²) in [7, 11) is 1.79. The number of rotatable bonds is 4. The molecule has 0 N–H and O–H groups in total. The fraction of sp³-hybridized carbons (Fsp3) is 0.762. The summed E-state index contributed by atoms with van der Waals surface area (Å²) in [5.41, 5.74) is 0.253. The number of hydrogen-bond acceptors (Lipinski definition) is 3. The molecule has 6 heteroatoms. The van der Waals surface area contributed by atoms with Gasteiger partial charge in [0.2, 0.25) is 5.91 Å². The fourth-order valence-electron chi connectivity index (χ4n) is 5.35. The van der Waals surface area contributed by atoms with Crippen LogP contribution in [0.5, 0.6) is 0 Å². The van der Waals surface area contributed by atoms with Crippen molar-refractivity contribution < 1.29 is 9.59 Å². The quantitative estimate of drug-likeness (QED) is 0.817. The third-order valence-corrected chi connectivity index (χ3v) is 7.04. The van der Waals surface area contributed by atoms with E-state index in [-0.39, 0.29) is 11.3 Å². The van der Waals surface area contributed by atoms with Gasteiger partial charge in [0.05, 0.1) is 5.41 Å². The number of carbonyl (C=O) groups excluding carboxylic acids is 2. The van der Waals surface area contributed by atoms with Crippen molar-refractivity contribution >= 4 is 11.8 Å². The van der Waals surface area contributed by atoms with Gasteiger partial charge in [-0.2, -0.15) is 5.10 Å². The van der Waals surface area contributed by atoms with Gasteiger partial charge >= 0.3 is 0 Å². The Hall–Kier alpha value is -1.85. The first-order valence-electron chi connectivity index (χ1n) is 10.7. The minimum atomic E-state index is -0.348. The molecule has 6 nitrogen and oxygen atoms in total. The highest BCUT2D eigenvalue weighted by molar-refractivity contribution is 5.94. The first-order chi connectivity index (χ1) is 13.1. The summed E-state index contributed by atoms with van der Waals surface area (Å²) >= 11 is 0. The zero-order chi connectivity index (χ0) is 18.9. The summed E-state index contributed by atoms with van der Waals surface area (Å²) in [6.45, 7) is 3.03. The Morgan fingerprint density at radius 3 is 2.74 bits per heavy atom. The van der Waals surface area contributed by atoms with E-state index in [9.17, 15) is 9.59 Å². The lowest BCUT2D eigenvalue weighted by Crippen LogP contribution is -2.50. The van der Waals surface area contributed by atoms with E-state index in [0.29, 0.717) is 24.7 Å². The van der Waals surface area contributed by atoms with Crippen molar-refractivity contribution in [3.05, 3.63) is 18.0 Å². The largest absolute Gasteiger partial charge is 0.342 e. The van der Waals surface area contributed by atoms with Gasteiger partial charge in [-0.25, -0.2) is 0 Å². The van der Waals surface area contributed by atoms with Crippen LogP contribution in [0, 0.1) is 11.3 Å². The Morgan fingerprint density at radius 2 is 2.00 bits per heavy atom. The van der Waals surface area contributed by atoms with Crippen molar-refractivity contribution in [2.45, 2.75) is 57.8 Å². The zero-order valence-corrected chi connectivity index (χ0v) is 16.5. The number of amides is 2. The highest BCUT2D eigenvalue weighted by atomic mass is 16.2. The molecule has 3 fully saturated rings. The summed E-state index contributed by atoms with van der Waals surface area (Å²) in [6, 6.07) is 1.76. The number of nitrogens with zero attached hydrogens (tertiary/aromatic N) is 4. The van der Waals surface area contributed by atoms with E-state index in [0.717, 1.165) is 44.7 Å². The Morgan fingerprint density at radius 1 is 1.19 bits per heavy atom. The van der Waals surface area contributed by atoms with Gasteiger partial charge in [-0.1, -0.05) is 32.1 Å². The zero-order valence-electron chi connectivity index (χ0n) is 16.5. The van der Waals surface area contributed by atoms with Crippen LogP contribution < -0.4 is 0 Å². The number of likely N-dealkylation sites (tertiary alicyclic amines) is 2. The Balaban J connectivity index is 1.38. The van der Waals surface area contributed by atoms with Gasteiger partial charge in [-0.15, -0.1) is 0 Å². The lowest BCUT2D eigenvalue weighted by molar-refractivity contribution is -0.145. The molecule has 3 aliphatic rings. The highest BCUT2D eigenvalue weighted by Crippen LogP contribution is 2.41. The van der Waals surface area contributed by atoms with E-state index in [4.69, 9.17) is 0 Å². The predicted octanol–water partition coefficient (Wildman–Crippen LogP) is 2.85. The maximum absolute atomic E-state index is 13.3. The van der Waals surface area contributed by atoms with Crippen LogP contribution >= 0.6 is 0 Å². The molecule has 2 amide bonds. The molecule has 0 unspecified atom stereocenters. The second-order valence-corrected chi connectivity index (χ2v) is 8.79. The number of aryl methyl sites for hydroxylation is 1. The number of piperidine rings is 1. The minimum Gasteiger partial charge on any atom is -0.342 e. The first-order valence-corrected chi connectivity index (χ1v) is 10.7. The van der Waals surface area contributed by atoms with Gasteiger partial charge in [0.25, 0.3) is 5.91 Å². The van der Waals surface area contributed by atoms with Crippen LogP contribution in [-0.4, -0.2) is 57.6 Å². The van der Waals surface area contributed by atoms with Crippen molar-refractivity contribution in [3.8, 4) is 0 Å². The Labute approximate surface area is 161 Å². The number of hydrogen-bond donors (Lipinski definition) is 0. The molecule has 1 aliphatic carbocycles. The highest BCUT2D eigenvalue weighted by Gasteiger charge is 2.49. The van der Waals surface area contributed by atoms with Crippen LogP contribution in [0.4, 0.5) is 0 Å². The first kappa shape index (κ1) is 18.5.